The van der Waals surface area contributed by atoms with E-state index in [1.807, 2.05) is 26.2 Å². The van der Waals surface area contributed by atoms with E-state index < -0.39 is 0 Å². The summed E-state index contributed by atoms with van der Waals surface area (Å²) in [5.41, 5.74) is 6.33. The molecule has 0 spiro atoms. The van der Waals surface area contributed by atoms with Crippen LogP contribution in [0.2, 0.25) is 0 Å². The molecule has 1 atom stereocenters. The smallest absolute Gasteiger partial charge is 0.326 e. The maximum atomic E-state index is 12.1. The summed E-state index contributed by atoms with van der Waals surface area (Å²) in [6, 6.07) is 0.329. The van der Waals surface area contributed by atoms with E-state index in [1.165, 1.54) is 32.1 Å². The van der Waals surface area contributed by atoms with E-state index in [0.29, 0.717) is 12.5 Å². The first kappa shape index (κ1) is 13.4. The Bertz CT molecular complexity index is 426. The van der Waals surface area contributed by atoms with Crippen molar-refractivity contribution in [3.63, 3.8) is 0 Å². The molecule has 1 saturated carbocycles. The van der Waals surface area contributed by atoms with Gasteiger partial charge in [0.05, 0.1) is 0 Å². The molecule has 4 nitrogen and oxygen atoms in total. The SMILES string of the molecule is CC(C)n1ccn(CC(N)C2CCCCC2)c1=O. The third-order valence-electron chi connectivity index (χ3n) is 4.09. The van der Waals surface area contributed by atoms with Crippen molar-refractivity contribution in [2.45, 2.75) is 64.6 Å². The molecule has 1 fully saturated rings. The third-order valence-corrected chi connectivity index (χ3v) is 4.09. The highest BCUT2D eigenvalue weighted by Crippen LogP contribution is 2.26. The zero-order chi connectivity index (χ0) is 13.1. The lowest BCUT2D eigenvalue weighted by molar-refractivity contribution is 0.283. The quantitative estimate of drug-likeness (QED) is 0.891. The first-order valence-corrected chi connectivity index (χ1v) is 7.12. The average molecular weight is 251 g/mol. The van der Waals surface area contributed by atoms with Gasteiger partial charge in [0, 0.05) is 31.0 Å². The highest BCUT2D eigenvalue weighted by molar-refractivity contribution is 4.86. The van der Waals surface area contributed by atoms with Crippen molar-refractivity contribution in [3.05, 3.63) is 22.9 Å². The summed E-state index contributed by atoms with van der Waals surface area (Å²) in [5.74, 6) is 0.591. The van der Waals surface area contributed by atoms with Gasteiger partial charge in [-0.05, 0) is 32.6 Å². The molecule has 1 aromatic heterocycles. The Kier molecular flexibility index (Phi) is 4.27. The normalized spacial score (nSPS) is 19.3. The molecule has 4 heteroatoms. The lowest BCUT2D eigenvalue weighted by Crippen LogP contribution is -2.38. The summed E-state index contributed by atoms with van der Waals surface area (Å²) >= 11 is 0. The molecule has 0 amide bonds. The summed E-state index contributed by atoms with van der Waals surface area (Å²) in [4.78, 5) is 12.1. The first-order chi connectivity index (χ1) is 8.59. The summed E-state index contributed by atoms with van der Waals surface area (Å²) in [6.45, 7) is 4.70. The number of nitrogens with zero attached hydrogens (tertiary/aromatic N) is 2. The standard InChI is InChI=1S/C14H25N3O/c1-11(2)17-9-8-16(14(17)18)10-13(15)12-6-4-3-5-7-12/h8-9,11-13H,3-7,10,15H2,1-2H3. The van der Waals surface area contributed by atoms with Gasteiger partial charge in [-0.25, -0.2) is 4.79 Å². The van der Waals surface area contributed by atoms with Crippen LogP contribution in [-0.2, 0) is 6.54 Å². The van der Waals surface area contributed by atoms with Crippen LogP contribution in [0.5, 0.6) is 0 Å². The summed E-state index contributed by atoms with van der Waals surface area (Å²) in [7, 11) is 0. The van der Waals surface area contributed by atoms with Crippen LogP contribution < -0.4 is 11.4 Å². The van der Waals surface area contributed by atoms with Gasteiger partial charge in [-0.2, -0.15) is 0 Å². The maximum Gasteiger partial charge on any atom is 0.328 e. The highest BCUT2D eigenvalue weighted by Gasteiger charge is 2.21. The molecular formula is C14H25N3O. The lowest BCUT2D eigenvalue weighted by Gasteiger charge is -2.27. The van der Waals surface area contributed by atoms with E-state index in [1.54, 1.807) is 9.13 Å². The highest BCUT2D eigenvalue weighted by atomic mass is 16.1. The van der Waals surface area contributed by atoms with Crippen LogP contribution in [0, 0.1) is 5.92 Å². The minimum atomic E-state index is 0.0660. The number of rotatable bonds is 4. The third kappa shape index (κ3) is 2.86. The molecule has 0 aliphatic heterocycles. The fourth-order valence-electron chi connectivity index (χ4n) is 2.90. The minimum Gasteiger partial charge on any atom is -0.326 e. The Morgan fingerprint density at radius 1 is 1.28 bits per heavy atom. The fourth-order valence-corrected chi connectivity index (χ4v) is 2.90. The van der Waals surface area contributed by atoms with Crippen LogP contribution in [0.15, 0.2) is 17.2 Å². The van der Waals surface area contributed by atoms with Gasteiger partial charge in [0.25, 0.3) is 0 Å². The second-order valence-corrected chi connectivity index (χ2v) is 5.80. The molecule has 1 heterocycles. The van der Waals surface area contributed by atoms with Gasteiger partial charge in [0.15, 0.2) is 0 Å². The number of hydrogen-bond donors (Lipinski definition) is 1. The van der Waals surface area contributed by atoms with E-state index >= 15 is 0 Å². The zero-order valence-corrected chi connectivity index (χ0v) is 11.5. The second-order valence-electron chi connectivity index (χ2n) is 5.80. The monoisotopic (exact) mass is 251 g/mol. The van der Waals surface area contributed by atoms with Gasteiger partial charge in [-0.3, -0.25) is 9.13 Å². The number of imidazole rings is 1. The van der Waals surface area contributed by atoms with Gasteiger partial charge in [0.1, 0.15) is 0 Å². The van der Waals surface area contributed by atoms with Gasteiger partial charge in [0.2, 0.25) is 0 Å². The van der Waals surface area contributed by atoms with E-state index in [9.17, 15) is 4.79 Å². The summed E-state index contributed by atoms with van der Waals surface area (Å²) in [5, 5.41) is 0. The van der Waals surface area contributed by atoms with Crippen LogP contribution in [0.4, 0.5) is 0 Å². The molecule has 1 aliphatic rings. The molecule has 0 radical (unpaired) electrons. The lowest BCUT2D eigenvalue weighted by atomic mass is 9.84. The molecule has 0 saturated heterocycles. The predicted molar refractivity (Wildman–Crippen MR) is 73.6 cm³/mol. The first-order valence-electron chi connectivity index (χ1n) is 7.12. The van der Waals surface area contributed by atoms with E-state index in [-0.39, 0.29) is 17.8 Å². The summed E-state index contributed by atoms with van der Waals surface area (Å²) in [6.07, 6.45) is 10.1. The molecule has 18 heavy (non-hydrogen) atoms. The minimum absolute atomic E-state index is 0.0660. The molecule has 0 bridgehead atoms. The molecule has 2 N–H and O–H groups in total. The largest absolute Gasteiger partial charge is 0.328 e. The molecule has 0 aromatic carbocycles. The molecule has 2 rings (SSSR count). The van der Waals surface area contributed by atoms with Crippen molar-refractivity contribution in [2.24, 2.45) is 11.7 Å². The van der Waals surface area contributed by atoms with Crippen molar-refractivity contribution < 1.29 is 0 Å². The van der Waals surface area contributed by atoms with E-state index in [2.05, 4.69) is 0 Å². The fraction of sp³-hybridized carbons (Fsp3) is 0.786. The Morgan fingerprint density at radius 3 is 2.50 bits per heavy atom. The van der Waals surface area contributed by atoms with E-state index in [4.69, 9.17) is 5.73 Å². The molecular weight excluding hydrogens is 226 g/mol. The number of hydrogen-bond acceptors (Lipinski definition) is 2. The molecule has 1 aliphatic carbocycles. The predicted octanol–water partition coefficient (Wildman–Crippen LogP) is 2.14. The van der Waals surface area contributed by atoms with Crippen molar-refractivity contribution in [1.29, 1.82) is 0 Å². The van der Waals surface area contributed by atoms with Crippen molar-refractivity contribution in [2.75, 3.05) is 0 Å². The molecule has 1 aromatic rings. The van der Waals surface area contributed by atoms with Crippen LogP contribution in [0.1, 0.15) is 52.0 Å². The maximum absolute atomic E-state index is 12.1. The topological polar surface area (TPSA) is 52.9 Å². The van der Waals surface area contributed by atoms with Crippen molar-refractivity contribution in [1.82, 2.24) is 9.13 Å². The average Bonchev–Trinajstić information content (AvgIpc) is 2.72. The van der Waals surface area contributed by atoms with Gasteiger partial charge >= 0.3 is 5.69 Å². The zero-order valence-electron chi connectivity index (χ0n) is 11.5. The van der Waals surface area contributed by atoms with Crippen LogP contribution in [0.25, 0.3) is 0 Å². The Morgan fingerprint density at radius 2 is 1.94 bits per heavy atom. The number of nitrogens with two attached hydrogens (primary N) is 1. The van der Waals surface area contributed by atoms with Gasteiger partial charge in [-0.15, -0.1) is 0 Å². The number of aromatic nitrogens is 2. The Labute approximate surface area is 109 Å². The Hall–Kier alpha value is -1.03. The Balaban J connectivity index is 2.02. The van der Waals surface area contributed by atoms with E-state index in [0.717, 1.165) is 0 Å². The van der Waals surface area contributed by atoms with Crippen molar-refractivity contribution in [3.8, 4) is 0 Å². The summed E-state index contributed by atoms with van der Waals surface area (Å²) < 4.78 is 3.52. The second kappa shape index (κ2) is 5.74. The molecule has 102 valence electrons. The van der Waals surface area contributed by atoms with Crippen LogP contribution in [0.3, 0.4) is 0 Å². The van der Waals surface area contributed by atoms with Gasteiger partial charge in [-0.1, -0.05) is 19.3 Å². The van der Waals surface area contributed by atoms with Crippen LogP contribution >= 0.6 is 0 Å². The van der Waals surface area contributed by atoms with Crippen molar-refractivity contribution >= 4 is 0 Å². The van der Waals surface area contributed by atoms with Gasteiger partial charge < -0.3 is 5.73 Å². The van der Waals surface area contributed by atoms with Crippen LogP contribution in [-0.4, -0.2) is 15.2 Å². The molecule has 1 unspecified atom stereocenters.